The molecular formula is C16H34N2. The van der Waals surface area contributed by atoms with Crippen molar-refractivity contribution in [2.75, 3.05) is 19.6 Å². The molecule has 0 radical (unpaired) electrons. The van der Waals surface area contributed by atoms with E-state index in [0.29, 0.717) is 6.04 Å². The minimum absolute atomic E-state index is 0.715. The normalized spacial score (nSPS) is 26.2. The third kappa shape index (κ3) is 5.71. The first-order valence-corrected chi connectivity index (χ1v) is 8.00. The van der Waals surface area contributed by atoms with Gasteiger partial charge in [0.15, 0.2) is 0 Å². The highest BCUT2D eigenvalue weighted by Gasteiger charge is 2.26. The van der Waals surface area contributed by atoms with E-state index in [1.807, 2.05) is 0 Å². The fraction of sp³-hybridized carbons (Fsp3) is 1.00. The van der Waals surface area contributed by atoms with E-state index in [0.717, 1.165) is 17.9 Å². The summed E-state index contributed by atoms with van der Waals surface area (Å²) in [5.74, 6) is 1.65. The number of nitrogens with zero attached hydrogens (tertiary/aromatic N) is 1. The molecule has 18 heavy (non-hydrogen) atoms. The topological polar surface area (TPSA) is 15.3 Å². The molecule has 1 saturated heterocycles. The fourth-order valence-electron chi connectivity index (χ4n) is 2.95. The smallest absolute Gasteiger partial charge is 0.0223 e. The molecule has 0 bridgehead atoms. The molecule has 1 heterocycles. The maximum atomic E-state index is 3.71. The molecule has 0 spiro atoms. The van der Waals surface area contributed by atoms with Gasteiger partial charge in [-0.1, -0.05) is 34.6 Å². The molecule has 108 valence electrons. The molecule has 0 aromatic carbocycles. The molecule has 0 aliphatic carbocycles. The SMILES string of the molecule is CCC1CN(CCCC(C)C)C(CC(C)C)CN1. The molecule has 0 saturated carbocycles. The van der Waals surface area contributed by atoms with Crippen LogP contribution in [-0.4, -0.2) is 36.6 Å². The van der Waals surface area contributed by atoms with Crippen LogP contribution in [-0.2, 0) is 0 Å². The third-order valence-electron chi connectivity index (χ3n) is 4.08. The van der Waals surface area contributed by atoms with Crippen LogP contribution in [0.2, 0.25) is 0 Å². The largest absolute Gasteiger partial charge is 0.311 e. The minimum Gasteiger partial charge on any atom is -0.311 e. The van der Waals surface area contributed by atoms with E-state index in [-0.39, 0.29) is 0 Å². The Balaban J connectivity index is 2.43. The van der Waals surface area contributed by atoms with Crippen LogP contribution in [0.5, 0.6) is 0 Å². The Kier molecular flexibility index (Phi) is 7.25. The quantitative estimate of drug-likeness (QED) is 0.748. The molecule has 2 atom stereocenters. The number of rotatable bonds is 7. The van der Waals surface area contributed by atoms with Crippen molar-refractivity contribution in [2.24, 2.45) is 11.8 Å². The van der Waals surface area contributed by atoms with Crippen molar-refractivity contribution >= 4 is 0 Å². The Hall–Kier alpha value is -0.0800. The Morgan fingerprint density at radius 2 is 1.89 bits per heavy atom. The molecule has 1 N–H and O–H groups in total. The van der Waals surface area contributed by atoms with Crippen LogP contribution in [0.1, 0.15) is 60.3 Å². The van der Waals surface area contributed by atoms with Crippen molar-refractivity contribution in [1.82, 2.24) is 10.2 Å². The summed E-state index contributed by atoms with van der Waals surface area (Å²) < 4.78 is 0. The van der Waals surface area contributed by atoms with Crippen molar-refractivity contribution in [3.05, 3.63) is 0 Å². The van der Waals surface area contributed by atoms with E-state index < -0.39 is 0 Å². The average Bonchev–Trinajstić information content (AvgIpc) is 2.30. The van der Waals surface area contributed by atoms with Gasteiger partial charge in [-0.15, -0.1) is 0 Å². The molecule has 0 aromatic rings. The van der Waals surface area contributed by atoms with Gasteiger partial charge in [-0.3, -0.25) is 4.90 Å². The van der Waals surface area contributed by atoms with E-state index in [1.54, 1.807) is 0 Å². The van der Waals surface area contributed by atoms with Crippen molar-refractivity contribution in [3.63, 3.8) is 0 Å². The lowest BCUT2D eigenvalue weighted by atomic mass is 9.97. The van der Waals surface area contributed by atoms with Crippen LogP contribution in [0.25, 0.3) is 0 Å². The lowest BCUT2D eigenvalue weighted by Gasteiger charge is -2.41. The van der Waals surface area contributed by atoms with Gasteiger partial charge >= 0.3 is 0 Å². The van der Waals surface area contributed by atoms with Gasteiger partial charge in [-0.05, 0) is 44.1 Å². The maximum Gasteiger partial charge on any atom is 0.0223 e. The van der Waals surface area contributed by atoms with E-state index in [2.05, 4.69) is 44.8 Å². The average molecular weight is 254 g/mol. The van der Waals surface area contributed by atoms with Gasteiger partial charge in [0.05, 0.1) is 0 Å². The predicted octanol–water partition coefficient (Wildman–Crippen LogP) is 3.52. The second-order valence-electron chi connectivity index (χ2n) is 6.83. The van der Waals surface area contributed by atoms with Gasteiger partial charge in [0.2, 0.25) is 0 Å². The Bertz CT molecular complexity index is 213. The monoisotopic (exact) mass is 254 g/mol. The van der Waals surface area contributed by atoms with Crippen LogP contribution < -0.4 is 5.32 Å². The summed E-state index contributed by atoms with van der Waals surface area (Å²) in [7, 11) is 0. The zero-order valence-electron chi connectivity index (χ0n) is 13.2. The summed E-state index contributed by atoms with van der Waals surface area (Å²) in [5.41, 5.74) is 0. The van der Waals surface area contributed by atoms with Crippen LogP contribution in [0.3, 0.4) is 0 Å². The summed E-state index contributed by atoms with van der Waals surface area (Å²) >= 11 is 0. The molecule has 2 heteroatoms. The molecule has 1 aliphatic rings. The molecule has 0 amide bonds. The van der Waals surface area contributed by atoms with E-state index in [1.165, 1.54) is 45.3 Å². The Labute approximate surface area is 115 Å². The first kappa shape index (κ1) is 16.0. The summed E-state index contributed by atoms with van der Waals surface area (Å²) in [5, 5.41) is 3.71. The third-order valence-corrected chi connectivity index (χ3v) is 4.08. The highest BCUT2D eigenvalue weighted by Crippen LogP contribution is 2.18. The number of nitrogens with one attached hydrogen (secondary N) is 1. The summed E-state index contributed by atoms with van der Waals surface area (Å²) in [6.07, 6.45) is 5.33. The lowest BCUT2D eigenvalue weighted by Crippen LogP contribution is -2.56. The Morgan fingerprint density at radius 1 is 1.17 bits per heavy atom. The van der Waals surface area contributed by atoms with E-state index >= 15 is 0 Å². The lowest BCUT2D eigenvalue weighted by molar-refractivity contribution is 0.109. The fourth-order valence-corrected chi connectivity index (χ4v) is 2.95. The maximum absolute atomic E-state index is 3.71. The van der Waals surface area contributed by atoms with Crippen LogP contribution >= 0.6 is 0 Å². The van der Waals surface area contributed by atoms with Gasteiger partial charge < -0.3 is 5.32 Å². The van der Waals surface area contributed by atoms with Crippen LogP contribution in [0.4, 0.5) is 0 Å². The zero-order chi connectivity index (χ0) is 13.5. The summed E-state index contributed by atoms with van der Waals surface area (Å²) in [4.78, 5) is 2.76. The standard InChI is InChI=1S/C16H34N2/c1-6-15-12-18(9-7-8-13(2)3)16(11-17-15)10-14(4)5/h13-17H,6-12H2,1-5H3. The first-order chi connectivity index (χ1) is 8.52. The van der Waals surface area contributed by atoms with Crippen LogP contribution in [0, 0.1) is 11.8 Å². The van der Waals surface area contributed by atoms with Gasteiger partial charge in [0.25, 0.3) is 0 Å². The highest BCUT2D eigenvalue weighted by molar-refractivity contribution is 4.86. The second kappa shape index (κ2) is 8.16. The van der Waals surface area contributed by atoms with Gasteiger partial charge in [0, 0.05) is 25.2 Å². The zero-order valence-corrected chi connectivity index (χ0v) is 13.2. The molecular weight excluding hydrogens is 220 g/mol. The van der Waals surface area contributed by atoms with Crippen molar-refractivity contribution in [3.8, 4) is 0 Å². The molecule has 2 unspecified atom stereocenters. The number of hydrogen-bond donors (Lipinski definition) is 1. The van der Waals surface area contributed by atoms with Crippen molar-refractivity contribution in [2.45, 2.75) is 72.4 Å². The molecule has 1 fully saturated rings. The Morgan fingerprint density at radius 3 is 2.44 bits per heavy atom. The van der Waals surface area contributed by atoms with Crippen molar-refractivity contribution in [1.29, 1.82) is 0 Å². The minimum atomic E-state index is 0.715. The highest BCUT2D eigenvalue weighted by atomic mass is 15.2. The first-order valence-electron chi connectivity index (χ1n) is 8.00. The predicted molar refractivity (Wildman–Crippen MR) is 81.0 cm³/mol. The van der Waals surface area contributed by atoms with Gasteiger partial charge in [0.1, 0.15) is 0 Å². The van der Waals surface area contributed by atoms with E-state index in [9.17, 15) is 0 Å². The number of piperazine rings is 1. The molecule has 1 aliphatic heterocycles. The van der Waals surface area contributed by atoms with Crippen molar-refractivity contribution < 1.29 is 0 Å². The molecule has 0 aromatic heterocycles. The molecule has 2 nitrogen and oxygen atoms in total. The van der Waals surface area contributed by atoms with E-state index in [4.69, 9.17) is 0 Å². The van der Waals surface area contributed by atoms with Gasteiger partial charge in [-0.2, -0.15) is 0 Å². The second-order valence-corrected chi connectivity index (χ2v) is 6.83. The van der Waals surface area contributed by atoms with Gasteiger partial charge in [-0.25, -0.2) is 0 Å². The summed E-state index contributed by atoms with van der Waals surface area (Å²) in [6, 6.07) is 1.48. The summed E-state index contributed by atoms with van der Waals surface area (Å²) in [6.45, 7) is 15.4. The van der Waals surface area contributed by atoms with Crippen LogP contribution in [0.15, 0.2) is 0 Å². The molecule has 1 rings (SSSR count). The number of hydrogen-bond acceptors (Lipinski definition) is 2.